The van der Waals surface area contributed by atoms with E-state index in [4.69, 9.17) is 0 Å². The minimum atomic E-state index is -0.742. The lowest BCUT2D eigenvalue weighted by atomic mass is 10.0. The maximum absolute atomic E-state index is 11.4. The highest BCUT2D eigenvalue weighted by atomic mass is 16.4. The van der Waals surface area contributed by atoms with Gasteiger partial charge in [-0.05, 0) is 44.0 Å². The Kier molecular flexibility index (Phi) is 4.43. The van der Waals surface area contributed by atoms with Crippen LogP contribution in [0.1, 0.15) is 44.2 Å². The molecule has 1 aliphatic rings. The first-order valence-corrected chi connectivity index (χ1v) is 6.87. The molecule has 4 nitrogen and oxygen atoms in total. The summed E-state index contributed by atoms with van der Waals surface area (Å²) in [5.74, 6) is -0.514. The van der Waals surface area contributed by atoms with E-state index < -0.39 is 12.0 Å². The van der Waals surface area contributed by atoms with Gasteiger partial charge in [0.15, 0.2) is 0 Å². The predicted octanol–water partition coefficient (Wildman–Crippen LogP) is 2.78. The van der Waals surface area contributed by atoms with Crippen LogP contribution < -0.4 is 0 Å². The standard InChI is InChI=1S/C15H21NO3/c1-11(12-6-5-7-13(17)10-12)16-9-4-2-3-8-14(16)15(18)19/h5-7,10-11,14,17H,2-4,8-9H2,1H3,(H,18,19). The van der Waals surface area contributed by atoms with Crippen LogP contribution >= 0.6 is 0 Å². The molecule has 2 atom stereocenters. The number of hydrogen-bond acceptors (Lipinski definition) is 3. The first-order valence-electron chi connectivity index (χ1n) is 6.87. The van der Waals surface area contributed by atoms with E-state index in [1.54, 1.807) is 18.2 Å². The van der Waals surface area contributed by atoms with Gasteiger partial charge in [-0.1, -0.05) is 25.0 Å². The number of rotatable bonds is 3. The second kappa shape index (κ2) is 6.06. The van der Waals surface area contributed by atoms with Crippen molar-refractivity contribution in [3.05, 3.63) is 29.8 Å². The average Bonchev–Trinajstić information content (AvgIpc) is 2.63. The Labute approximate surface area is 113 Å². The lowest BCUT2D eigenvalue weighted by molar-refractivity contribution is -0.144. The number of aliphatic carboxylic acids is 1. The number of aromatic hydroxyl groups is 1. The summed E-state index contributed by atoms with van der Waals surface area (Å²) >= 11 is 0. The van der Waals surface area contributed by atoms with Crippen LogP contribution in [0.2, 0.25) is 0 Å². The number of carboxylic acids is 1. The van der Waals surface area contributed by atoms with E-state index in [2.05, 4.69) is 0 Å². The fraction of sp³-hybridized carbons (Fsp3) is 0.533. The van der Waals surface area contributed by atoms with Crippen molar-refractivity contribution in [2.45, 2.75) is 44.7 Å². The van der Waals surface area contributed by atoms with Crippen LogP contribution in [-0.4, -0.2) is 33.7 Å². The van der Waals surface area contributed by atoms with Crippen LogP contribution in [0, 0.1) is 0 Å². The number of carboxylic acid groups (broad SMARTS) is 1. The summed E-state index contributed by atoms with van der Waals surface area (Å²) in [5.41, 5.74) is 0.966. The summed E-state index contributed by atoms with van der Waals surface area (Å²) in [4.78, 5) is 13.5. The molecule has 1 fully saturated rings. The van der Waals surface area contributed by atoms with Gasteiger partial charge in [-0.25, -0.2) is 0 Å². The summed E-state index contributed by atoms with van der Waals surface area (Å²) in [6.45, 7) is 2.81. The maximum atomic E-state index is 11.4. The molecule has 1 aromatic carbocycles. The zero-order valence-corrected chi connectivity index (χ0v) is 11.2. The van der Waals surface area contributed by atoms with Gasteiger partial charge in [0.1, 0.15) is 11.8 Å². The van der Waals surface area contributed by atoms with Crippen molar-refractivity contribution in [2.24, 2.45) is 0 Å². The fourth-order valence-corrected chi connectivity index (χ4v) is 2.84. The lowest BCUT2D eigenvalue weighted by Gasteiger charge is -2.33. The topological polar surface area (TPSA) is 60.8 Å². The molecule has 104 valence electrons. The molecule has 0 radical (unpaired) electrons. The molecular formula is C15H21NO3. The molecule has 0 bridgehead atoms. The number of phenols is 1. The molecule has 19 heavy (non-hydrogen) atoms. The molecule has 2 rings (SSSR count). The third-order valence-corrected chi connectivity index (χ3v) is 3.93. The van der Waals surface area contributed by atoms with E-state index in [1.165, 1.54) is 0 Å². The Hall–Kier alpha value is -1.55. The Bertz CT molecular complexity index is 447. The van der Waals surface area contributed by atoms with Crippen molar-refractivity contribution < 1.29 is 15.0 Å². The van der Waals surface area contributed by atoms with Crippen molar-refractivity contribution in [1.29, 1.82) is 0 Å². The molecule has 2 unspecified atom stereocenters. The third-order valence-electron chi connectivity index (χ3n) is 3.93. The highest BCUT2D eigenvalue weighted by Crippen LogP contribution is 2.29. The Balaban J connectivity index is 2.23. The highest BCUT2D eigenvalue weighted by Gasteiger charge is 2.31. The Morgan fingerprint density at radius 2 is 2.16 bits per heavy atom. The van der Waals surface area contributed by atoms with Crippen LogP contribution in [0.25, 0.3) is 0 Å². The van der Waals surface area contributed by atoms with E-state index in [0.717, 1.165) is 31.4 Å². The van der Waals surface area contributed by atoms with Gasteiger partial charge in [0.2, 0.25) is 0 Å². The second-order valence-corrected chi connectivity index (χ2v) is 5.21. The fourth-order valence-electron chi connectivity index (χ4n) is 2.84. The molecule has 2 N–H and O–H groups in total. The summed E-state index contributed by atoms with van der Waals surface area (Å²) < 4.78 is 0. The average molecular weight is 263 g/mol. The van der Waals surface area contributed by atoms with E-state index >= 15 is 0 Å². The predicted molar refractivity (Wildman–Crippen MR) is 73.1 cm³/mol. The van der Waals surface area contributed by atoms with E-state index in [1.807, 2.05) is 17.9 Å². The van der Waals surface area contributed by atoms with Crippen molar-refractivity contribution in [1.82, 2.24) is 4.90 Å². The van der Waals surface area contributed by atoms with Gasteiger partial charge in [-0.15, -0.1) is 0 Å². The number of likely N-dealkylation sites (tertiary alicyclic amines) is 1. The van der Waals surface area contributed by atoms with Gasteiger partial charge < -0.3 is 10.2 Å². The van der Waals surface area contributed by atoms with Gasteiger partial charge in [0.25, 0.3) is 0 Å². The summed E-state index contributed by atoms with van der Waals surface area (Å²) in [5, 5.41) is 18.9. The maximum Gasteiger partial charge on any atom is 0.320 e. The second-order valence-electron chi connectivity index (χ2n) is 5.21. The minimum absolute atomic E-state index is 0.00583. The summed E-state index contributed by atoms with van der Waals surface area (Å²) in [6, 6.07) is 6.68. The third kappa shape index (κ3) is 3.26. The van der Waals surface area contributed by atoms with Crippen LogP contribution in [0.15, 0.2) is 24.3 Å². The van der Waals surface area contributed by atoms with Gasteiger partial charge >= 0.3 is 5.97 Å². The van der Waals surface area contributed by atoms with E-state index in [-0.39, 0.29) is 11.8 Å². The van der Waals surface area contributed by atoms with Crippen LogP contribution in [0.3, 0.4) is 0 Å². The monoisotopic (exact) mass is 263 g/mol. The SMILES string of the molecule is CC(c1cccc(O)c1)N1CCCCCC1C(=O)O. The first kappa shape index (κ1) is 13.9. The Morgan fingerprint density at radius 3 is 2.84 bits per heavy atom. The molecule has 0 aliphatic carbocycles. The van der Waals surface area contributed by atoms with Crippen molar-refractivity contribution in [2.75, 3.05) is 6.54 Å². The van der Waals surface area contributed by atoms with E-state index in [9.17, 15) is 15.0 Å². The smallest absolute Gasteiger partial charge is 0.320 e. The molecule has 4 heteroatoms. The van der Waals surface area contributed by atoms with Gasteiger partial charge in [0.05, 0.1) is 0 Å². The molecule has 0 saturated carbocycles. The quantitative estimate of drug-likeness (QED) is 0.880. The zero-order valence-electron chi connectivity index (χ0n) is 11.2. The minimum Gasteiger partial charge on any atom is -0.508 e. The molecule has 1 saturated heterocycles. The first-order chi connectivity index (χ1) is 9.09. The van der Waals surface area contributed by atoms with Crippen LogP contribution in [-0.2, 0) is 4.79 Å². The number of phenolic OH excluding ortho intramolecular Hbond substituents is 1. The largest absolute Gasteiger partial charge is 0.508 e. The van der Waals surface area contributed by atoms with Gasteiger partial charge in [-0.3, -0.25) is 9.69 Å². The molecule has 1 heterocycles. The van der Waals surface area contributed by atoms with Crippen LogP contribution in [0.5, 0.6) is 5.75 Å². The normalized spacial score (nSPS) is 22.7. The lowest BCUT2D eigenvalue weighted by Crippen LogP contribution is -2.42. The summed E-state index contributed by atoms with van der Waals surface area (Å²) in [7, 11) is 0. The van der Waals surface area contributed by atoms with Gasteiger partial charge in [0, 0.05) is 6.04 Å². The number of nitrogens with zero attached hydrogens (tertiary/aromatic N) is 1. The van der Waals surface area contributed by atoms with Crippen molar-refractivity contribution >= 4 is 5.97 Å². The molecule has 1 aromatic rings. The van der Waals surface area contributed by atoms with Crippen molar-refractivity contribution in [3.63, 3.8) is 0 Å². The summed E-state index contributed by atoms with van der Waals surface area (Å²) in [6.07, 6.45) is 3.80. The molecule has 0 amide bonds. The molecule has 0 spiro atoms. The van der Waals surface area contributed by atoms with Crippen molar-refractivity contribution in [3.8, 4) is 5.75 Å². The highest BCUT2D eigenvalue weighted by molar-refractivity contribution is 5.73. The van der Waals surface area contributed by atoms with Crippen LogP contribution in [0.4, 0.5) is 0 Å². The Morgan fingerprint density at radius 1 is 1.37 bits per heavy atom. The zero-order chi connectivity index (χ0) is 13.8. The molecular weight excluding hydrogens is 242 g/mol. The van der Waals surface area contributed by atoms with Gasteiger partial charge in [-0.2, -0.15) is 0 Å². The number of carbonyl (C=O) groups is 1. The van der Waals surface area contributed by atoms with E-state index in [0.29, 0.717) is 6.42 Å². The number of hydrogen-bond donors (Lipinski definition) is 2. The molecule has 1 aliphatic heterocycles. The number of benzene rings is 1. The molecule has 0 aromatic heterocycles.